The third kappa shape index (κ3) is 3.30. The lowest BCUT2D eigenvalue weighted by atomic mass is 10.4. The first-order valence-corrected chi connectivity index (χ1v) is 5.98. The maximum atomic E-state index is 11.9. The summed E-state index contributed by atoms with van der Waals surface area (Å²) in [6, 6.07) is 1.80. The van der Waals surface area contributed by atoms with Gasteiger partial charge < -0.3 is 10.5 Å². The third-order valence-corrected chi connectivity index (χ3v) is 2.97. The Balaban J connectivity index is 1.95. The normalized spacial score (nSPS) is 12.2. The van der Waals surface area contributed by atoms with Gasteiger partial charge in [0.2, 0.25) is 0 Å². The van der Waals surface area contributed by atoms with Crippen LogP contribution in [0.25, 0.3) is 10.2 Å². The molecule has 0 atom stereocenters. The molecule has 0 unspecified atom stereocenters. The number of nitrogens with zero attached hydrogens (tertiary/aromatic N) is 2. The maximum Gasteiger partial charge on any atom is 0.391 e. The molecule has 2 aromatic rings. The molecule has 0 aliphatic rings. The summed E-state index contributed by atoms with van der Waals surface area (Å²) in [5, 5.41) is 2.57. The molecule has 2 heterocycles. The number of halogens is 3. The minimum absolute atomic E-state index is 0.0753. The molecule has 0 aliphatic heterocycles. The molecule has 2 aromatic heterocycles. The van der Waals surface area contributed by atoms with Gasteiger partial charge in [-0.3, -0.25) is 0 Å². The van der Waals surface area contributed by atoms with Crippen LogP contribution in [0.5, 0.6) is 0 Å². The molecule has 18 heavy (non-hydrogen) atoms. The average molecular weight is 277 g/mol. The second kappa shape index (κ2) is 5.07. The lowest BCUT2D eigenvalue weighted by Crippen LogP contribution is -2.12. The summed E-state index contributed by atoms with van der Waals surface area (Å²) in [6.45, 7) is -0.483. The number of nitrogen functional groups attached to an aromatic ring is 1. The van der Waals surface area contributed by atoms with Crippen molar-refractivity contribution in [2.45, 2.75) is 19.2 Å². The highest BCUT2D eigenvalue weighted by molar-refractivity contribution is 7.16. The zero-order valence-electron chi connectivity index (χ0n) is 9.20. The highest BCUT2D eigenvalue weighted by Gasteiger charge is 2.26. The van der Waals surface area contributed by atoms with Crippen molar-refractivity contribution < 1.29 is 17.9 Å². The molecular weight excluding hydrogens is 267 g/mol. The fourth-order valence-corrected chi connectivity index (χ4v) is 2.13. The summed E-state index contributed by atoms with van der Waals surface area (Å²) in [4.78, 5) is 8.83. The summed E-state index contributed by atoms with van der Waals surface area (Å²) >= 11 is 1.39. The summed E-state index contributed by atoms with van der Waals surface area (Å²) in [5.74, 6) is 0.611. The third-order valence-electron chi connectivity index (χ3n) is 2.16. The van der Waals surface area contributed by atoms with Gasteiger partial charge in [0.1, 0.15) is 17.3 Å². The van der Waals surface area contributed by atoms with Crippen LogP contribution in [0.15, 0.2) is 11.4 Å². The van der Waals surface area contributed by atoms with E-state index in [2.05, 4.69) is 9.97 Å². The Morgan fingerprint density at radius 3 is 2.83 bits per heavy atom. The Bertz CT molecular complexity index is 541. The van der Waals surface area contributed by atoms with Crippen LogP contribution in [0.4, 0.5) is 19.0 Å². The van der Waals surface area contributed by atoms with E-state index in [9.17, 15) is 13.2 Å². The van der Waals surface area contributed by atoms with Gasteiger partial charge in [-0.1, -0.05) is 0 Å². The Hall–Kier alpha value is -1.41. The molecule has 2 rings (SSSR count). The molecule has 0 fully saturated rings. The number of anilines is 1. The largest absolute Gasteiger partial charge is 0.391 e. The van der Waals surface area contributed by atoms with E-state index < -0.39 is 19.2 Å². The van der Waals surface area contributed by atoms with E-state index in [0.29, 0.717) is 16.5 Å². The van der Waals surface area contributed by atoms with E-state index in [0.717, 1.165) is 5.39 Å². The summed E-state index contributed by atoms with van der Waals surface area (Å²) in [7, 11) is 0. The SMILES string of the molecule is Nc1nc(COCCC(F)(F)F)nc2sccc12. The van der Waals surface area contributed by atoms with Gasteiger partial charge >= 0.3 is 6.18 Å². The predicted molar refractivity (Wildman–Crippen MR) is 62.2 cm³/mol. The van der Waals surface area contributed by atoms with Crippen LogP contribution in [0.2, 0.25) is 0 Å². The number of rotatable bonds is 4. The molecule has 0 saturated carbocycles. The molecule has 8 heteroatoms. The zero-order valence-corrected chi connectivity index (χ0v) is 10.0. The lowest BCUT2D eigenvalue weighted by Gasteiger charge is -2.07. The van der Waals surface area contributed by atoms with E-state index in [4.69, 9.17) is 10.5 Å². The van der Waals surface area contributed by atoms with Crippen molar-refractivity contribution in [2.75, 3.05) is 12.3 Å². The number of ether oxygens (including phenoxy) is 1. The van der Waals surface area contributed by atoms with Crippen molar-refractivity contribution in [1.82, 2.24) is 9.97 Å². The fourth-order valence-electron chi connectivity index (χ4n) is 1.34. The maximum absolute atomic E-state index is 11.9. The number of aromatic nitrogens is 2. The molecule has 0 aliphatic carbocycles. The predicted octanol–water partition coefficient (Wildman–Crippen LogP) is 2.74. The van der Waals surface area contributed by atoms with Crippen molar-refractivity contribution >= 4 is 27.4 Å². The molecule has 0 aromatic carbocycles. The molecular formula is C10H10F3N3OS. The van der Waals surface area contributed by atoms with Crippen LogP contribution in [-0.4, -0.2) is 22.8 Å². The van der Waals surface area contributed by atoms with Gasteiger partial charge in [-0.15, -0.1) is 11.3 Å². The minimum Gasteiger partial charge on any atom is -0.383 e. The quantitative estimate of drug-likeness (QED) is 0.873. The van der Waals surface area contributed by atoms with Gasteiger partial charge in [0.25, 0.3) is 0 Å². The second-order valence-corrected chi connectivity index (χ2v) is 4.48. The van der Waals surface area contributed by atoms with Crippen LogP contribution in [0.1, 0.15) is 12.2 Å². The van der Waals surface area contributed by atoms with Gasteiger partial charge in [0, 0.05) is 0 Å². The molecule has 98 valence electrons. The molecule has 4 nitrogen and oxygen atoms in total. The molecule has 0 spiro atoms. The lowest BCUT2D eigenvalue weighted by molar-refractivity contribution is -0.146. The number of fused-ring (bicyclic) bond motifs is 1. The van der Waals surface area contributed by atoms with E-state index in [1.54, 1.807) is 6.07 Å². The standard InChI is InChI=1S/C10H10F3N3OS/c11-10(12,13)2-3-17-5-7-15-8(14)6-1-4-18-9(6)16-7/h1,4H,2-3,5H2,(H2,14,15,16). The van der Waals surface area contributed by atoms with Crippen LogP contribution in [0, 0.1) is 0 Å². The van der Waals surface area contributed by atoms with Crippen molar-refractivity contribution in [2.24, 2.45) is 0 Å². The van der Waals surface area contributed by atoms with E-state index >= 15 is 0 Å². The molecule has 0 amide bonds. The van der Waals surface area contributed by atoms with Crippen molar-refractivity contribution in [3.05, 3.63) is 17.3 Å². The Morgan fingerprint density at radius 2 is 2.11 bits per heavy atom. The first kappa shape index (κ1) is 13.0. The van der Waals surface area contributed by atoms with E-state index in [1.807, 2.05) is 5.38 Å². The van der Waals surface area contributed by atoms with Crippen molar-refractivity contribution in [3.8, 4) is 0 Å². The van der Waals surface area contributed by atoms with Crippen molar-refractivity contribution in [3.63, 3.8) is 0 Å². The number of nitrogens with two attached hydrogens (primary N) is 1. The first-order valence-electron chi connectivity index (χ1n) is 5.10. The first-order chi connectivity index (χ1) is 8.46. The number of thiophene rings is 1. The summed E-state index contributed by atoms with van der Waals surface area (Å²) in [6.07, 6.45) is -5.19. The monoisotopic (exact) mass is 277 g/mol. The van der Waals surface area contributed by atoms with Gasteiger partial charge in [0.05, 0.1) is 18.4 Å². The summed E-state index contributed by atoms with van der Waals surface area (Å²) in [5.41, 5.74) is 5.69. The van der Waals surface area contributed by atoms with Gasteiger partial charge in [0.15, 0.2) is 5.82 Å². The molecule has 0 saturated heterocycles. The molecule has 0 radical (unpaired) electrons. The van der Waals surface area contributed by atoms with Crippen LogP contribution in [0.3, 0.4) is 0 Å². The second-order valence-electron chi connectivity index (χ2n) is 3.58. The van der Waals surface area contributed by atoms with Gasteiger partial charge in [-0.05, 0) is 11.4 Å². The van der Waals surface area contributed by atoms with E-state index in [1.165, 1.54) is 11.3 Å². The highest BCUT2D eigenvalue weighted by atomic mass is 32.1. The highest BCUT2D eigenvalue weighted by Crippen LogP contribution is 2.23. The molecule has 0 bridgehead atoms. The van der Waals surface area contributed by atoms with Crippen LogP contribution >= 0.6 is 11.3 Å². The average Bonchev–Trinajstić information content (AvgIpc) is 2.71. The van der Waals surface area contributed by atoms with Gasteiger partial charge in [-0.2, -0.15) is 13.2 Å². The Kier molecular flexibility index (Phi) is 3.67. The minimum atomic E-state index is -4.21. The Labute approximate surface area is 105 Å². The van der Waals surface area contributed by atoms with Crippen LogP contribution < -0.4 is 5.73 Å². The van der Waals surface area contributed by atoms with Crippen molar-refractivity contribution in [1.29, 1.82) is 0 Å². The zero-order chi connectivity index (χ0) is 13.2. The van der Waals surface area contributed by atoms with Crippen LogP contribution in [-0.2, 0) is 11.3 Å². The number of hydrogen-bond acceptors (Lipinski definition) is 5. The van der Waals surface area contributed by atoms with E-state index in [-0.39, 0.29) is 6.61 Å². The summed E-state index contributed by atoms with van der Waals surface area (Å²) < 4.78 is 40.5. The Morgan fingerprint density at radius 1 is 1.33 bits per heavy atom. The van der Waals surface area contributed by atoms with Gasteiger partial charge in [-0.25, -0.2) is 9.97 Å². The fraction of sp³-hybridized carbons (Fsp3) is 0.400. The smallest absolute Gasteiger partial charge is 0.383 e. The topological polar surface area (TPSA) is 61.0 Å². The number of hydrogen-bond donors (Lipinski definition) is 1. The molecule has 2 N–H and O–H groups in total. The number of alkyl halides is 3.